The maximum Gasteiger partial charge on any atom is 0.425 e. The number of benzene rings is 2. The van der Waals surface area contributed by atoms with Crippen LogP contribution in [0.2, 0.25) is 0 Å². The summed E-state index contributed by atoms with van der Waals surface area (Å²) in [5, 5.41) is 2.12. The van der Waals surface area contributed by atoms with Crippen molar-refractivity contribution in [1.82, 2.24) is 9.78 Å². The largest absolute Gasteiger partial charge is 0.449 e. The van der Waals surface area contributed by atoms with E-state index in [1.165, 1.54) is 0 Å². The summed E-state index contributed by atoms with van der Waals surface area (Å²) in [6.45, 7) is -0.0736. The van der Waals surface area contributed by atoms with E-state index in [-0.39, 0.29) is 19.1 Å². The van der Waals surface area contributed by atoms with Crippen LogP contribution in [0.3, 0.4) is 0 Å². The number of rotatable bonds is 4. The molecule has 0 spiro atoms. The van der Waals surface area contributed by atoms with Gasteiger partial charge in [-0.3, -0.25) is 4.68 Å². The van der Waals surface area contributed by atoms with Gasteiger partial charge in [-0.05, 0) is 35.6 Å². The molecule has 4 rings (SSSR count). The lowest BCUT2D eigenvalue weighted by Crippen LogP contribution is -2.30. The Hall–Kier alpha value is -2.93. The number of ether oxygens (including phenoxy) is 1. The summed E-state index contributed by atoms with van der Waals surface area (Å²) < 4.78 is 33.1. The second-order valence-electron chi connectivity index (χ2n) is 6.84. The summed E-state index contributed by atoms with van der Waals surface area (Å²) in [5.41, 5.74) is 2.32. The molecule has 0 aliphatic heterocycles. The first kappa shape index (κ1) is 18.4. The zero-order chi connectivity index (χ0) is 19.6. The zero-order valence-corrected chi connectivity index (χ0v) is 16.0. The van der Waals surface area contributed by atoms with E-state index in [0.29, 0.717) is 12.0 Å². The van der Waals surface area contributed by atoms with Crippen molar-refractivity contribution in [3.8, 4) is 0 Å². The predicted octanol–water partition coefficient (Wildman–Crippen LogP) is 3.86. The molecule has 0 amide bonds. The van der Waals surface area contributed by atoms with Crippen molar-refractivity contribution in [2.45, 2.75) is 30.7 Å². The Morgan fingerprint density at radius 3 is 2.57 bits per heavy atom. The van der Waals surface area contributed by atoms with Crippen LogP contribution in [0.4, 0.5) is 4.79 Å². The van der Waals surface area contributed by atoms with E-state index in [9.17, 15) is 13.2 Å². The molecule has 1 unspecified atom stereocenters. The van der Waals surface area contributed by atoms with Gasteiger partial charge < -0.3 is 4.74 Å². The molecule has 28 heavy (non-hydrogen) atoms. The minimum absolute atomic E-state index is 0.0736. The van der Waals surface area contributed by atoms with Crippen molar-refractivity contribution >= 4 is 15.1 Å². The third-order valence-electron chi connectivity index (χ3n) is 5.05. The quantitative estimate of drug-likeness (QED) is 0.626. The van der Waals surface area contributed by atoms with Gasteiger partial charge in [-0.2, -0.15) is 5.10 Å². The summed E-state index contributed by atoms with van der Waals surface area (Å²) in [5.74, 6) is 0. The highest BCUT2D eigenvalue weighted by atomic mass is 32.2. The number of carbonyl (C=O) groups is 1. The molecule has 2 aromatic carbocycles. The molecular formula is C21H20N2O4S. The van der Waals surface area contributed by atoms with Crippen molar-refractivity contribution in [3.05, 3.63) is 89.7 Å². The van der Waals surface area contributed by atoms with Crippen molar-refractivity contribution in [3.63, 3.8) is 0 Å². The lowest BCUT2D eigenvalue weighted by molar-refractivity contribution is 0.165. The molecule has 3 aromatic rings. The first-order valence-electron chi connectivity index (χ1n) is 9.07. The molecule has 0 bridgehead atoms. The number of hydrogen-bond acceptors (Lipinski definition) is 5. The van der Waals surface area contributed by atoms with Crippen LogP contribution in [0.5, 0.6) is 0 Å². The fourth-order valence-corrected chi connectivity index (χ4v) is 5.15. The van der Waals surface area contributed by atoms with Gasteiger partial charge in [-0.25, -0.2) is 13.2 Å². The molecule has 1 aliphatic rings. The summed E-state index contributed by atoms with van der Waals surface area (Å²) in [4.78, 5) is 12.5. The van der Waals surface area contributed by atoms with E-state index in [0.717, 1.165) is 11.1 Å². The fraction of sp³-hybridized carbons (Fsp3) is 0.238. The number of hydrogen-bond donors (Lipinski definition) is 0. The number of nitrogens with zero attached hydrogens (tertiary/aromatic N) is 2. The summed E-state index contributed by atoms with van der Waals surface area (Å²) in [7, 11) is -4.17. The van der Waals surface area contributed by atoms with Crippen molar-refractivity contribution in [1.29, 1.82) is 0 Å². The van der Waals surface area contributed by atoms with E-state index < -0.39 is 20.4 Å². The van der Waals surface area contributed by atoms with E-state index in [2.05, 4.69) is 5.10 Å². The van der Waals surface area contributed by atoms with Crippen LogP contribution in [-0.4, -0.2) is 23.5 Å². The number of sulfone groups is 1. The van der Waals surface area contributed by atoms with Gasteiger partial charge in [0, 0.05) is 12.4 Å². The van der Waals surface area contributed by atoms with Gasteiger partial charge in [0.15, 0.2) is 0 Å². The van der Waals surface area contributed by atoms with Gasteiger partial charge in [0.2, 0.25) is 0 Å². The smallest absolute Gasteiger partial charge is 0.425 e. The van der Waals surface area contributed by atoms with Crippen LogP contribution < -0.4 is 0 Å². The zero-order valence-electron chi connectivity index (χ0n) is 15.1. The highest BCUT2D eigenvalue weighted by Crippen LogP contribution is 2.41. The Balaban J connectivity index is 1.60. The minimum atomic E-state index is -4.17. The molecule has 144 valence electrons. The number of carbonyl (C=O) groups excluding carboxylic acids is 1. The maximum atomic E-state index is 13.1. The predicted molar refractivity (Wildman–Crippen MR) is 104 cm³/mol. The van der Waals surface area contributed by atoms with Crippen LogP contribution in [0.15, 0.2) is 73.1 Å². The van der Waals surface area contributed by atoms with Gasteiger partial charge in [-0.15, -0.1) is 0 Å². The van der Waals surface area contributed by atoms with Crippen LogP contribution in [0.1, 0.15) is 34.4 Å². The Morgan fingerprint density at radius 1 is 1.07 bits per heavy atom. The molecule has 2 atom stereocenters. The SMILES string of the molecule is O=C(OCc1ccccc1)S(=O)(=O)C1C[C@H](n2cccn2)Cc2ccccc21. The van der Waals surface area contributed by atoms with Crippen LogP contribution in [-0.2, 0) is 27.6 Å². The molecule has 0 saturated carbocycles. The second kappa shape index (κ2) is 7.59. The fourth-order valence-electron chi connectivity index (χ4n) is 3.65. The van der Waals surface area contributed by atoms with Crippen molar-refractivity contribution in [2.24, 2.45) is 0 Å². The molecule has 0 radical (unpaired) electrons. The molecule has 1 aliphatic carbocycles. The summed E-state index contributed by atoms with van der Waals surface area (Å²) in [6, 6.07) is 18.1. The van der Waals surface area contributed by atoms with Gasteiger partial charge in [-0.1, -0.05) is 54.6 Å². The minimum Gasteiger partial charge on any atom is -0.449 e. The lowest BCUT2D eigenvalue weighted by atomic mass is 9.88. The second-order valence-corrected chi connectivity index (χ2v) is 8.83. The van der Waals surface area contributed by atoms with Crippen molar-refractivity contribution in [2.75, 3.05) is 0 Å². The lowest BCUT2D eigenvalue weighted by Gasteiger charge is -2.30. The number of fused-ring (bicyclic) bond motifs is 1. The van der Waals surface area contributed by atoms with Gasteiger partial charge in [0.05, 0.1) is 11.3 Å². The van der Waals surface area contributed by atoms with Gasteiger partial charge in [0.25, 0.3) is 9.84 Å². The molecule has 0 fully saturated rings. The molecular weight excluding hydrogens is 376 g/mol. The van der Waals surface area contributed by atoms with E-state index in [1.54, 1.807) is 41.2 Å². The van der Waals surface area contributed by atoms with E-state index >= 15 is 0 Å². The molecule has 1 aromatic heterocycles. The van der Waals surface area contributed by atoms with E-state index in [4.69, 9.17) is 4.74 Å². The molecule has 7 heteroatoms. The van der Waals surface area contributed by atoms with E-state index in [1.807, 2.05) is 36.5 Å². The van der Waals surface area contributed by atoms with Gasteiger partial charge in [0.1, 0.15) is 6.61 Å². The van der Waals surface area contributed by atoms with Crippen LogP contribution in [0, 0.1) is 0 Å². The normalized spacial score (nSPS) is 19.0. The Labute approximate surface area is 163 Å². The first-order valence-corrected chi connectivity index (χ1v) is 10.6. The standard InChI is InChI=1S/C21H20N2O4S/c24-21(27-15-16-7-2-1-3-8-16)28(25,26)20-14-18(23-12-6-11-22-23)13-17-9-4-5-10-19(17)20/h1-12,18,20H,13-15H2/t18-,20?/m1/s1. The Morgan fingerprint density at radius 2 is 1.82 bits per heavy atom. The third kappa shape index (κ3) is 3.57. The molecule has 0 N–H and O–H groups in total. The summed E-state index contributed by atoms with van der Waals surface area (Å²) in [6.07, 6.45) is 4.43. The average molecular weight is 396 g/mol. The topological polar surface area (TPSA) is 78.3 Å². The maximum absolute atomic E-state index is 13.1. The third-order valence-corrected chi connectivity index (χ3v) is 6.83. The van der Waals surface area contributed by atoms with Crippen molar-refractivity contribution < 1.29 is 17.9 Å². The molecule has 6 nitrogen and oxygen atoms in total. The molecule has 1 heterocycles. The Kier molecular flexibility index (Phi) is 5.00. The van der Waals surface area contributed by atoms with Gasteiger partial charge >= 0.3 is 5.30 Å². The van der Waals surface area contributed by atoms with Crippen LogP contribution in [0.25, 0.3) is 0 Å². The highest BCUT2D eigenvalue weighted by molar-refractivity contribution is 8.05. The van der Waals surface area contributed by atoms with Crippen LogP contribution >= 0.6 is 0 Å². The Bertz CT molecular complexity index is 1060. The first-order chi connectivity index (χ1) is 13.6. The monoisotopic (exact) mass is 396 g/mol. The molecule has 0 saturated heterocycles. The highest BCUT2D eigenvalue weighted by Gasteiger charge is 2.41. The average Bonchev–Trinajstić information content (AvgIpc) is 3.26. The number of aromatic nitrogens is 2. The summed E-state index contributed by atoms with van der Waals surface area (Å²) >= 11 is 0.